The van der Waals surface area contributed by atoms with Gasteiger partial charge in [-0.05, 0) is 42.9 Å². The second-order valence-electron chi connectivity index (χ2n) is 7.07. The molecule has 1 unspecified atom stereocenters. The van der Waals surface area contributed by atoms with Crippen LogP contribution < -0.4 is 5.32 Å². The number of rotatable bonds is 4. The lowest BCUT2D eigenvalue weighted by Gasteiger charge is -2.39. The summed E-state index contributed by atoms with van der Waals surface area (Å²) in [5.41, 5.74) is 0.344. The maximum absolute atomic E-state index is 11.5. The first-order valence-electron chi connectivity index (χ1n) is 7.58. The molecule has 1 fully saturated rings. The highest BCUT2D eigenvalue weighted by molar-refractivity contribution is 5.75. The van der Waals surface area contributed by atoms with Gasteiger partial charge in [-0.2, -0.15) is 0 Å². The van der Waals surface area contributed by atoms with E-state index in [9.17, 15) is 9.59 Å². The highest BCUT2D eigenvalue weighted by Crippen LogP contribution is 2.41. The predicted molar refractivity (Wildman–Crippen MR) is 79.1 cm³/mol. The molecule has 0 aliphatic heterocycles. The molecule has 20 heavy (non-hydrogen) atoms. The van der Waals surface area contributed by atoms with Crippen molar-refractivity contribution in [3.05, 3.63) is 0 Å². The Balaban J connectivity index is 2.60. The van der Waals surface area contributed by atoms with E-state index in [-0.39, 0.29) is 24.3 Å². The Bertz CT molecular complexity index is 338. The molecule has 0 aromatic rings. The molecule has 1 aliphatic carbocycles. The van der Waals surface area contributed by atoms with Gasteiger partial charge in [-0.1, -0.05) is 20.8 Å². The van der Waals surface area contributed by atoms with E-state index < -0.39 is 0 Å². The van der Waals surface area contributed by atoms with E-state index in [0.29, 0.717) is 11.3 Å². The lowest BCUT2D eigenvalue weighted by molar-refractivity contribution is -0.141. The Kier molecular flexibility index (Phi) is 6.03. The summed E-state index contributed by atoms with van der Waals surface area (Å²) in [5, 5.41) is 2.93. The Morgan fingerprint density at radius 2 is 1.75 bits per heavy atom. The van der Waals surface area contributed by atoms with Crippen molar-refractivity contribution in [1.29, 1.82) is 0 Å². The topological polar surface area (TPSA) is 55.4 Å². The molecule has 0 aromatic heterocycles. The number of amides is 1. The molecular weight excluding hydrogens is 254 g/mol. The normalized spacial score (nSPS) is 24.9. The number of hydrogen-bond donors (Lipinski definition) is 1. The summed E-state index contributed by atoms with van der Waals surface area (Å²) < 4.78 is 4.74. The minimum absolute atomic E-state index is 0.0724. The first-order valence-corrected chi connectivity index (χ1v) is 7.58. The van der Waals surface area contributed by atoms with Crippen LogP contribution in [0.5, 0.6) is 0 Å². The predicted octanol–water partition coefficient (Wildman–Crippen LogP) is 2.91. The Hall–Kier alpha value is -1.06. The van der Waals surface area contributed by atoms with Crippen molar-refractivity contribution in [1.82, 2.24) is 5.32 Å². The van der Waals surface area contributed by atoms with Gasteiger partial charge in [-0.25, -0.2) is 0 Å². The maximum Gasteiger partial charge on any atom is 0.307 e. The highest BCUT2D eigenvalue weighted by Gasteiger charge is 2.34. The molecule has 1 atom stereocenters. The monoisotopic (exact) mass is 283 g/mol. The average Bonchev–Trinajstić information content (AvgIpc) is 2.36. The van der Waals surface area contributed by atoms with Gasteiger partial charge in [0.15, 0.2) is 0 Å². The smallest absolute Gasteiger partial charge is 0.307 e. The number of hydrogen-bond acceptors (Lipinski definition) is 3. The minimum atomic E-state index is -0.248. The molecule has 1 saturated carbocycles. The van der Waals surface area contributed by atoms with Gasteiger partial charge in [-0.3, -0.25) is 9.59 Å². The molecule has 1 aliphatic rings. The summed E-state index contributed by atoms with van der Waals surface area (Å²) >= 11 is 0. The van der Waals surface area contributed by atoms with Gasteiger partial charge in [0.2, 0.25) is 5.91 Å². The SMILES string of the molecule is COC(=O)CC(NC(C)=O)C1CCC(C(C)(C)C)CC1. The maximum atomic E-state index is 11.5. The Morgan fingerprint density at radius 3 is 2.15 bits per heavy atom. The van der Waals surface area contributed by atoms with Crippen LogP contribution in [0.1, 0.15) is 59.8 Å². The zero-order valence-electron chi connectivity index (χ0n) is 13.5. The van der Waals surface area contributed by atoms with E-state index in [1.807, 2.05) is 0 Å². The third-order valence-electron chi connectivity index (χ3n) is 4.57. The lowest BCUT2D eigenvalue weighted by Crippen LogP contribution is -2.43. The van der Waals surface area contributed by atoms with Gasteiger partial charge in [-0.15, -0.1) is 0 Å². The van der Waals surface area contributed by atoms with Gasteiger partial charge >= 0.3 is 5.97 Å². The van der Waals surface area contributed by atoms with Crippen molar-refractivity contribution in [3.63, 3.8) is 0 Å². The van der Waals surface area contributed by atoms with Gasteiger partial charge < -0.3 is 10.1 Å². The van der Waals surface area contributed by atoms with Gasteiger partial charge in [0.25, 0.3) is 0 Å². The van der Waals surface area contributed by atoms with Crippen LogP contribution in [0.4, 0.5) is 0 Å². The van der Waals surface area contributed by atoms with Crippen LogP contribution in [0.15, 0.2) is 0 Å². The Labute approximate surface area is 122 Å². The molecule has 0 spiro atoms. The molecule has 4 heteroatoms. The van der Waals surface area contributed by atoms with Gasteiger partial charge in [0.05, 0.1) is 13.5 Å². The van der Waals surface area contributed by atoms with Crippen molar-refractivity contribution in [3.8, 4) is 0 Å². The molecule has 0 radical (unpaired) electrons. The molecule has 0 aromatic carbocycles. The fourth-order valence-corrected chi connectivity index (χ4v) is 3.25. The summed E-state index contributed by atoms with van der Waals surface area (Å²) in [6.07, 6.45) is 4.77. The zero-order valence-corrected chi connectivity index (χ0v) is 13.5. The van der Waals surface area contributed by atoms with Crippen molar-refractivity contribution in [2.45, 2.75) is 65.8 Å². The third kappa shape index (κ3) is 5.14. The van der Waals surface area contributed by atoms with Crippen molar-refractivity contribution >= 4 is 11.9 Å². The van der Waals surface area contributed by atoms with Crippen molar-refractivity contribution in [2.75, 3.05) is 7.11 Å². The molecule has 0 heterocycles. The van der Waals surface area contributed by atoms with Crippen LogP contribution in [0.3, 0.4) is 0 Å². The molecule has 1 rings (SSSR count). The summed E-state index contributed by atoms with van der Waals surface area (Å²) in [5.74, 6) is 0.796. The number of carbonyl (C=O) groups excluding carboxylic acids is 2. The molecular formula is C16H29NO3. The van der Waals surface area contributed by atoms with Crippen LogP contribution in [0.25, 0.3) is 0 Å². The van der Waals surface area contributed by atoms with Crippen LogP contribution in [-0.2, 0) is 14.3 Å². The molecule has 0 saturated heterocycles. The fraction of sp³-hybridized carbons (Fsp3) is 0.875. The van der Waals surface area contributed by atoms with Crippen molar-refractivity contribution < 1.29 is 14.3 Å². The average molecular weight is 283 g/mol. The zero-order chi connectivity index (χ0) is 15.3. The fourth-order valence-electron chi connectivity index (χ4n) is 3.25. The Morgan fingerprint density at radius 1 is 1.20 bits per heavy atom. The van der Waals surface area contributed by atoms with Crippen LogP contribution >= 0.6 is 0 Å². The number of nitrogens with one attached hydrogen (secondary N) is 1. The standard InChI is InChI=1S/C16H29NO3/c1-11(18)17-14(10-15(19)20-5)12-6-8-13(9-7-12)16(2,3)4/h12-14H,6-10H2,1-5H3,(H,17,18). The van der Waals surface area contributed by atoms with Crippen LogP contribution in [0, 0.1) is 17.3 Å². The van der Waals surface area contributed by atoms with Gasteiger partial charge in [0, 0.05) is 13.0 Å². The highest BCUT2D eigenvalue weighted by atomic mass is 16.5. The van der Waals surface area contributed by atoms with E-state index >= 15 is 0 Å². The van der Waals surface area contributed by atoms with E-state index in [0.717, 1.165) is 18.8 Å². The summed E-state index contributed by atoms with van der Waals surface area (Å²) in [6, 6.07) is -0.0825. The third-order valence-corrected chi connectivity index (χ3v) is 4.57. The number of methoxy groups -OCH3 is 1. The number of esters is 1. The second kappa shape index (κ2) is 7.09. The number of carbonyl (C=O) groups is 2. The van der Waals surface area contributed by atoms with E-state index in [2.05, 4.69) is 26.1 Å². The summed E-state index contributed by atoms with van der Waals surface area (Å²) in [6.45, 7) is 8.37. The first kappa shape index (κ1) is 17.0. The van der Waals surface area contributed by atoms with Crippen LogP contribution in [0.2, 0.25) is 0 Å². The number of ether oxygens (including phenoxy) is 1. The van der Waals surface area contributed by atoms with Gasteiger partial charge in [0.1, 0.15) is 0 Å². The summed E-state index contributed by atoms with van der Waals surface area (Å²) in [4.78, 5) is 22.8. The molecule has 116 valence electrons. The van der Waals surface area contributed by atoms with E-state index in [4.69, 9.17) is 4.74 Å². The van der Waals surface area contributed by atoms with Crippen LogP contribution in [-0.4, -0.2) is 25.0 Å². The largest absolute Gasteiger partial charge is 0.469 e. The minimum Gasteiger partial charge on any atom is -0.469 e. The molecule has 1 N–H and O–H groups in total. The molecule has 1 amide bonds. The second-order valence-corrected chi connectivity index (χ2v) is 7.07. The summed E-state index contributed by atoms with van der Waals surface area (Å²) in [7, 11) is 1.39. The first-order chi connectivity index (χ1) is 9.24. The molecule has 4 nitrogen and oxygen atoms in total. The lowest BCUT2D eigenvalue weighted by atomic mass is 9.68. The van der Waals surface area contributed by atoms with E-state index in [1.54, 1.807) is 0 Å². The quantitative estimate of drug-likeness (QED) is 0.807. The van der Waals surface area contributed by atoms with Crippen molar-refractivity contribution in [2.24, 2.45) is 17.3 Å². The molecule has 0 bridgehead atoms. The van der Waals surface area contributed by atoms with E-state index in [1.165, 1.54) is 26.9 Å².